The van der Waals surface area contributed by atoms with E-state index in [4.69, 9.17) is 5.11 Å². The topological polar surface area (TPSA) is 141 Å². The van der Waals surface area contributed by atoms with Crippen molar-refractivity contribution in [3.05, 3.63) is 0 Å². The van der Waals surface area contributed by atoms with Gasteiger partial charge < -0.3 is 34.8 Å². The minimum Gasteiger partial charge on any atom is -0.550 e. The maximum Gasteiger partial charge on any atom is 3.00 e. The number of rotatable bonds is 5. The van der Waals surface area contributed by atoms with Crippen molar-refractivity contribution in [2.75, 3.05) is 0 Å². The molecule has 0 saturated heterocycles. The zero-order valence-electron chi connectivity index (χ0n) is 6.59. The second-order valence-electron chi connectivity index (χ2n) is 2.42. The molecule has 0 aliphatic heterocycles. The van der Waals surface area contributed by atoms with Crippen LogP contribution in [0.15, 0.2) is 0 Å². The predicted molar refractivity (Wildman–Crippen MR) is 29.2 cm³/mol. The van der Waals surface area contributed by atoms with Crippen molar-refractivity contribution in [1.82, 2.24) is 0 Å². The van der Waals surface area contributed by atoms with Gasteiger partial charge in [-0.05, 0) is 0 Å². The van der Waals surface area contributed by atoms with Gasteiger partial charge in [-0.25, -0.2) is 0 Å². The van der Waals surface area contributed by atoms with Crippen LogP contribution in [0, 0.1) is 36.9 Å². The average Bonchev–Trinajstić information content (AvgIpc) is 1.82. The fourth-order valence-electron chi connectivity index (χ4n) is 0.684. The van der Waals surface area contributed by atoms with Gasteiger partial charge in [0.2, 0.25) is 0 Å². The summed E-state index contributed by atoms with van der Waals surface area (Å²) in [6.45, 7) is 0. The fraction of sp³-hybridized carbons (Fsp3) is 0.500. The van der Waals surface area contributed by atoms with Gasteiger partial charge in [-0.1, -0.05) is 0 Å². The Labute approximate surface area is 108 Å². The van der Waals surface area contributed by atoms with Gasteiger partial charge in [0.15, 0.2) is 0 Å². The van der Waals surface area contributed by atoms with E-state index in [9.17, 15) is 29.7 Å². The van der Waals surface area contributed by atoms with E-state index in [2.05, 4.69) is 0 Å². The van der Waals surface area contributed by atoms with E-state index in [1.165, 1.54) is 0 Å². The maximum absolute atomic E-state index is 10.1. The molecular weight excluding hydrogens is 353 g/mol. The van der Waals surface area contributed by atoms with E-state index in [1.54, 1.807) is 0 Å². The summed E-state index contributed by atoms with van der Waals surface area (Å²) in [6, 6.07) is 0. The predicted octanol–water partition coefficient (Wildman–Crippen LogP) is -5.25. The summed E-state index contributed by atoms with van der Waals surface area (Å²) in [4.78, 5) is 30.0. The second-order valence-corrected chi connectivity index (χ2v) is 2.42. The molecule has 7 nitrogen and oxygen atoms in total. The molecule has 84 valence electrons. The van der Waals surface area contributed by atoms with Crippen LogP contribution in [0.2, 0.25) is 0 Å². The zero-order chi connectivity index (χ0) is 10.6. The quantitative estimate of drug-likeness (QED) is 0.518. The number of carboxylic acid groups (broad SMARTS) is 3. The van der Waals surface area contributed by atoms with E-state index in [-0.39, 0.29) is 36.9 Å². The first-order chi connectivity index (χ1) is 5.78. The monoisotopic (exact) mass is 358 g/mol. The third kappa shape index (κ3) is 5.36. The van der Waals surface area contributed by atoms with Crippen LogP contribution < -0.4 is 15.3 Å². The number of carbonyl (C=O) groups excluding carboxylic acids is 3. The largest absolute Gasteiger partial charge is 3.00 e. The summed E-state index contributed by atoms with van der Waals surface area (Å²) in [5, 5.41) is 38.9. The molecule has 0 aromatic rings. The molecule has 8 heteroatoms. The SMILES string of the molecule is O=C([O-])CC(O)(CC(=O)[O-])C(=O)[O-].[Tm+3]. The molecule has 0 aromatic carbocycles. The van der Waals surface area contributed by atoms with Gasteiger partial charge in [0.05, 0.1) is 5.97 Å². The van der Waals surface area contributed by atoms with Crippen molar-refractivity contribution in [3.63, 3.8) is 0 Å². The molecule has 1 N–H and O–H groups in total. The molecular formula is C6H5O7Tm. The summed E-state index contributed by atoms with van der Waals surface area (Å²) in [6.07, 6.45) is -2.72. The van der Waals surface area contributed by atoms with Crippen molar-refractivity contribution in [1.29, 1.82) is 0 Å². The number of carboxylic acids is 3. The van der Waals surface area contributed by atoms with Crippen molar-refractivity contribution < 1.29 is 71.7 Å². The molecule has 0 aromatic heterocycles. The Kier molecular flexibility index (Phi) is 7.06. The van der Waals surface area contributed by atoms with Crippen LogP contribution in [0.1, 0.15) is 12.8 Å². The van der Waals surface area contributed by atoms with Gasteiger partial charge in [0.1, 0.15) is 5.60 Å². The Bertz CT molecular complexity index is 233. The third-order valence-corrected chi connectivity index (χ3v) is 1.25. The molecule has 0 rings (SSSR count). The van der Waals surface area contributed by atoms with Gasteiger partial charge in [0, 0.05) is 24.8 Å². The Morgan fingerprint density at radius 2 is 1.29 bits per heavy atom. The van der Waals surface area contributed by atoms with Crippen molar-refractivity contribution in [2.24, 2.45) is 0 Å². The summed E-state index contributed by atoms with van der Waals surface area (Å²) < 4.78 is 0. The normalized spacial score (nSPS) is 10.1. The molecule has 0 fully saturated rings. The second kappa shape index (κ2) is 6.16. The van der Waals surface area contributed by atoms with Crippen LogP contribution in [-0.4, -0.2) is 28.6 Å². The Balaban J connectivity index is 0. The van der Waals surface area contributed by atoms with Crippen LogP contribution in [0.4, 0.5) is 0 Å². The Morgan fingerprint density at radius 1 is 1.00 bits per heavy atom. The zero-order valence-corrected chi connectivity index (χ0v) is 8.37. The van der Waals surface area contributed by atoms with Crippen molar-refractivity contribution in [3.8, 4) is 0 Å². The van der Waals surface area contributed by atoms with E-state index in [0.717, 1.165) is 0 Å². The molecule has 0 bridgehead atoms. The van der Waals surface area contributed by atoms with Crippen LogP contribution in [-0.2, 0) is 14.4 Å². The first-order valence-corrected chi connectivity index (χ1v) is 3.11. The molecule has 0 atom stereocenters. The van der Waals surface area contributed by atoms with Gasteiger partial charge in [-0.2, -0.15) is 0 Å². The molecule has 14 heavy (non-hydrogen) atoms. The summed E-state index contributed by atoms with van der Waals surface area (Å²) in [5.74, 6) is -5.98. The van der Waals surface area contributed by atoms with Crippen LogP contribution in [0.5, 0.6) is 0 Å². The number of carbonyl (C=O) groups is 3. The van der Waals surface area contributed by atoms with Crippen LogP contribution in [0.25, 0.3) is 0 Å². The third-order valence-electron chi connectivity index (χ3n) is 1.25. The van der Waals surface area contributed by atoms with Gasteiger partial charge in [0.25, 0.3) is 0 Å². The molecule has 0 heterocycles. The number of hydrogen-bond acceptors (Lipinski definition) is 7. The van der Waals surface area contributed by atoms with Crippen LogP contribution in [0.3, 0.4) is 0 Å². The molecule has 0 radical (unpaired) electrons. The first kappa shape index (κ1) is 16.0. The van der Waals surface area contributed by atoms with Crippen molar-refractivity contribution >= 4 is 17.9 Å². The summed E-state index contributed by atoms with van der Waals surface area (Å²) in [5.41, 5.74) is -2.97. The van der Waals surface area contributed by atoms with E-state index in [0.29, 0.717) is 0 Å². The first-order valence-electron chi connectivity index (χ1n) is 3.11. The maximum atomic E-state index is 10.1. The molecule has 0 aliphatic carbocycles. The fourth-order valence-corrected chi connectivity index (χ4v) is 0.684. The Morgan fingerprint density at radius 3 is 1.43 bits per heavy atom. The van der Waals surface area contributed by atoms with E-state index in [1.807, 2.05) is 0 Å². The van der Waals surface area contributed by atoms with E-state index < -0.39 is 36.4 Å². The smallest absolute Gasteiger partial charge is 0.550 e. The molecule has 0 amide bonds. The number of hydrogen-bond donors (Lipinski definition) is 1. The average molecular weight is 358 g/mol. The minimum atomic E-state index is -2.97. The standard InChI is InChI=1S/C6H8O7.Tm/c7-3(8)1-6(13,5(11)12)2-4(9)10;/h13H,1-2H2,(H,7,8)(H,9,10)(H,11,12);/q;+3/p-3. The summed E-state index contributed by atoms with van der Waals surface area (Å²) in [7, 11) is 0. The summed E-state index contributed by atoms with van der Waals surface area (Å²) >= 11 is 0. The van der Waals surface area contributed by atoms with Crippen molar-refractivity contribution in [2.45, 2.75) is 18.4 Å². The van der Waals surface area contributed by atoms with Gasteiger partial charge in [-0.3, -0.25) is 0 Å². The molecule has 0 saturated carbocycles. The van der Waals surface area contributed by atoms with Gasteiger partial charge >= 0.3 is 36.9 Å². The molecule has 0 spiro atoms. The Hall–Kier alpha value is -0.396. The van der Waals surface area contributed by atoms with E-state index >= 15 is 0 Å². The van der Waals surface area contributed by atoms with Crippen LogP contribution >= 0.6 is 0 Å². The minimum absolute atomic E-state index is 0. The molecule has 0 aliphatic rings. The van der Waals surface area contributed by atoms with Gasteiger partial charge in [-0.15, -0.1) is 0 Å². The number of aliphatic hydroxyl groups is 1. The number of aliphatic carboxylic acids is 3. The molecule has 0 unspecified atom stereocenters.